The summed E-state index contributed by atoms with van der Waals surface area (Å²) in [4.78, 5) is 11.4. The molecule has 0 fully saturated rings. The number of nitrogens with zero attached hydrogens (tertiary/aromatic N) is 1. The number of hydrogen-bond donors (Lipinski definition) is 2. The van der Waals surface area contributed by atoms with Crippen molar-refractivity contribution in [3.05, 3.63) is 35.2 Å². The predicted molar refractivity (Wildman–Crippen MR) is 62.4 cm³/mol. The highest BCUT2D eigenvalue weighted by Gasteiger charge is 2.34. The summed E-state index contributed by atoms with van der Waals surface area (Å²) in [6.07, 6.45) is 0. The number of carbonyl (C=O) groups excluding carboxylic acids is 1. The van der Waals surface area contributed by atoms with Gasteiger partial charge in [-0.25, -0.2) is 0 Å². The van der Waals surface area contributed by atoms with Gasteiger partial charge in [-0.05, 0) is 12.1 Å². The van der Waals surface area contributed by atoms with Crippen molar-refractivity contribution in [1.29, 1.82) is 5.26 Å². The van der Waals surface area contributed by atoms with Crippen LogP contribution in [-0.4, -0.2) is 13.0 Å². The molecule has 92 valence electrons. The zero-order chi connectivity index (χ0) is 13.3. The lowest BCUT2D eigenvalue weighted by Crippen LogP contribution is -2.29. The van der Waals surface area contributed by atoms with E-state index in [1.165, 1.54) is 7.11 Å². The molecule has 2 rings (SSSR count). The van der Waals surface area contributed by atoms with Crippen LogP contribution >= 0.6 is 0 Å². The molecule has 0 radical (unpaired) electrons. The van der Waals surface area contributed by atoms with Crippen LogP contribution in [0, 0.1) is 11.3 Å². The Morgan fingerprint density at radius 1 is 1.56 bits per heavy atom. The van der Waals surface area contributed by atoms with E-state index in [2.05, 4.69) is 0 Å². The summed E-state index contributed by atoms with van der Waals surface area (Å²) >= 11 is 0. The van der Waals surface area contributed by atoms with Crippen molar-refractivity contribution in [2.45, 2.75) is 5.92 Å². The molecule has 0 spiro atoms. The van der Waals surface area contributed by atoms with Crippen LogP contribution in [-0.2, 0) is 4.79 Å². The Balaban J connectivity index is 2.67. The normalized spacial score (nSPS) is 17.4. The first kappa shape index (κ1) is 11.8. The van der Waals surface area contributed by atoms with Crippen LogP contribution in [0.1, 0.15) is 11.5 Å². The molecular weight excluding hydrogens is 234 g/mol. The molecule has 1 aliphatic heterocycles. The predicted octanol–water partition coefficient (Wildman–Crippen LogP) is 0.350. The van der Waals surface area contributed by atoms with Gasteiger partial charge in [0.05, 0.1) is 24.3 Å². The largest absolute Gasteiger partial charge is 0.496 e. The van der Waals surface area contributed by atoms with Crippen LogP contribution in [0.25, 0.3) is 0 Å². The lowest BCUT2D eigenvalue weighted by atomic mass is 9.89. The highest BCUT2D eigenvalue weighted by Crippen LogP contribution is 2.42. The molecule has 18 heavy (non-hydrogen) atoms. The third-order valence-electron chi connectivity index (χ3n) is 2.70. The standard InChI is InChI=1S/C12H11N3O3/c1-17-7-3-2-4-8-9(7)6(5-13)10(11(14)16)12(15)18-8/h2-4,6H,15H2,1H3,(H2,14,16). The van der Waals surface area contributed by atoms with E-state index < -0.39 is 11.8 Å². The van der Waals surface area contributed by atoms with E-state index in [4.69, 9.17) is 20.9 Å². The van der Waals surface area contributed by atoms with Gasteiger partial charge in [0.1, 0.15) is 17.4 Å². The monoisotopic (exact) mass is 245 g/mol. The summed E-state index contributed by atoms with van der Waals surface area (Å²) < 4.78 is 10.5. The van der Waals surface area contributed by atoms with Crippen LogP contribution in [0.5, 0.6) is 11.5 Å². The lowest BCUT2D eigenvalue weighted by molar-refractivity contribution is -0.115. The number of ether oxygens (including phenoxy) is 2. The number of rotatable bonds is 2. The number of carbonyl (C=O) groups is 1. The van der Waals surface area contributed by atoms with Crippen LogP contribution < -0.4 is 20.9 Å². The lowest BCUT2D eigenvalue weighted by Gasteiger charge is -2.24. The van der Waals surface area contributed by atoms with E-state index >= 15 is 0 Å². The summed E-state index contributed by atoms with van der Waals surface area (Å²) in [6, 6.07) is 7.02. The number of methoxy groups -OCH3 is 1. The van der Waals surface area contributed by atoms with Gasteiger partial charge in [0, 0.05) is 0 Å². The first-order valence-electron chi connectivity index (χ1n) is 5.14. The molecule has 1 amide bonds. The Morgan fingerprint density at radius 3 is 2.83 bits per heavy atom. The number of hydrogen-bond acceptors (Lipinski definition) is 5. The molecule has 0 aromatic heterocycles. The molecule has 1 aliphatic rings. The SMILES string of the molecule is COc1cccc2c1C(C#N)C(C(N)=O)=C(N)O2. The van der Waals surface area contributed by atoms with Crippen molar-refractivity contribution in [2.24, 2.45) is 11.5 Å². The van der Waals surface area contributed by atoms with Crippen molar-refractivity contribution < 1.29 is 14.3 Å². The molecule has 4 N–H and O–H groups in total. The number of primary amides is 1. The van der Waals surface area contributed by atoms with Gasteiger partial charge in [0.15, 0.2) is 0 Å². The number of fused-ring (bicyclic) bond motifs is 1. The second kappa shape index (κ2) is 4.30. The minimum Gasteiger partial charge on any atom is -0.496 e. The smallest absolute Gasteiger partial charge is 0.251 e. The molecule has 0 saturated heterocycles. The zero-order valence-corrected chi connectivity index (χ0v) is 9.64. The molecule has 0 bridgehead atoms. The average molecular weight is 245 g/mol. The van der Waals surface area contributed by atoms with E-state index in [0.717, 1.165) is 0 Å². The molecule has 1 heterocycles. The number of nitrogens with two attached hydrogens (primary N) is 2. The van der Waals surface area contributed by atoms with Crippen LogP contribution in [0.2, 0.25) is 0 Å². The summed E-state index contributed by atoms with van der Waals surface area (Å²) in [5, 5.41) is 9.24. The van der Waals surface area contributed by atoms with Gasteiger partial charge in [-0.3, -0.25) is 4.79 Å². The van der Waals surface area contributed by atoms with Crippen molar-refractivity contribution in [3.8, 4) is 17.6 Å². The second-order valence-electron chi connectivity index (χ2n) is 3.68. The molecule has 1 unspecified atom stereocenters. The number of amides is 1. The Kier molecular flexibility index (Phi) is 2.81. The van der Waals surface area contributed by atoms with Crippen LogP contribution in [0.3, 0.4) is 0 Å². The third-order valence-corrected chi connectivity index (χ3v) is 2.70. The van der Waals surface area contributed by atoms with Gasteiger partial charge in [0.2, 0.25) is 5.88 Å². The molecule has 0 saturated carbocycles. The summed E-state index contributed by atoms with van der Waals surface area (Å²) in [7, 11) is 1.47. The molecule has 6 nitrogen and oxygen atoms in total. The highest BCUT2D eigenvalue weighted by molar-refractivity contribution is 5.95. The topological polar surface area (TPSA) is 111 Å². The van der Waals surface area contributed by atoms with Gasteiger partial charge in [-0.2, -0.15) is 5.26 Å². The fourth-order valence-corrected chi connectivity index (χ4v) is 1.93. The Morgan fingerprint density at radius 2 is 2.28 bits per heavy atom. The maximum absolute atomic E-state index is 11.4. The van der Waals surface area contributed by atoms with E-state index in [-0.39, 0.29) is 11.5 Å². The third kappa shape index (κ3) is 1.62. The van der Waals surface area contributed by atoms with Crippen LogP contribution in [0.15, 0.2) is 29.7 Å². The Labute approximate surface area is 103 Å². The quantitative estimate of drug-likeness (QED) is 0.780. The van der Waals surface area contributed by atoms with Gasteiger partial charge >= 0.3 is 0 Å². The van der Waals surface area contributed by atoms with E-state index in [0.29, 0.717) is 17.1 Å². The van der Waals surface area contributed by atoms with Gasteiger partial charge in [-0.15, -0.1) is 0 Å². The van der Waals surface area contributed by atoms with Crippen molar-refractivity contribution in [3.63, 3.8) is 0 Å². The maximum atomic E-state index is 11.4. The van der Waals surface area contributed by atoms with E-state index in [9.17, 15) is 10.1 Å². The maximum Gasteiger partial charge on any atom is 0.251 e. The van der Waals surface area contributed by atoms with Gasteiger partial charge in [-0.1, -0.05) is 6.07 Å². The molecule has 1 aromatic carbocycles. The Hall–Kier alpha value is -2.68. The first-order valence-corrected chi connectivity index (χ1v) is 5.14. The fraction of sp³-hybridized carbons (Fsp3) is 0.167. The van der Waals surface area contributed by atoms with Gasteiger partial charge < -0.3 is 20.9 Å². The summed E-state index contributed by atoms with van der Waals surface area (Å²) in [6.45, 7) is 0. The first-order chi connectivity index (χ1) is 8.60. The van der Waals surface area contributed by atoms with Crippen molar-refractivity contribution in [2.75, 3.05) is 7.11 Å². The molecule has 1 aromatic rings. The minimum atomic E-state index is -0.887. The van der Waals surface area contributed by atoms with Crippen LogP contribution in [0.4, 0.5) is 0 Å². The second-order valence-corrected chi connectivity index (χ2v) is 3.68. The minimum absolute atomic E-state index is 0.0468. The summed E-state index contributed by atoms with van der Waals surface area (Å²) in [5.74, 6) is -0.971. The highest BCUT2D eigenvalue weighted by atomic mass is 16.5. The molecule has 1 atom stereocenters. The number of benzene rings is 1. The van der Waals surface area contributed by atoms with Crippen molar-refractivity contribution >= 4 is 5.91 Å². The van der Waals surface area contributed by atoms with E-state index in [1.54, 1.807) is 18.2 Å². The van der Waals surface area contributed by atoms with Gasteiger partial charge in [0.25, 0.3) is 5.91 Å². The summed E-state index contributed by atoms with van der Waals surface area (Å²) in [5.41, 5.74) is 11.3. The molecular formula is C12H11N3O3. The Bertz CT molecular complexity index is 587. The number of nitriles is 1. The average Bonchev–Trinajstić information content (AvgIpc) is 2.35. The fourth-order valence-electron chi connectivity index (χ4n) is 1.93. The van der Waals surface area contributed by atoms with E-state index in [1.807, 2.05) is 6.07 Å². The molecule has 6 heteroatoms. The molecule has 0 aliphatic carbocycles. The zero-order valence-electron chi connectivity index (χ0n) is 9.64. The van der Waals surface area contributed by atoms with Crippen molar-refractivity contribution in [1.82, 2.24) is 0 Å².